The van der Waals surface area contributed by atoms with Crippen molar-refractivity contribution in [1.29, 1.82) is 0 Å². The third-order valence-electron chi connectivity index (χ3n) is 5.02. The zero-order valence-electron chi connectivity index (χ0n) is 16.7. The maximum Gasteiger partial charge on any atom is 0.363 e. The summed E-state index contributed by atoms with van der Waals surface area (Å²) in [6.07, 6.45) is 0. The molecule has 0 unspecified atom stereocenters. The number of fused-ring (bicyclic) bond motifs is 1. The summed E-state index contributed by atoms with van der Waals surface area (Å²) in [7, 11) is 1.96. The number of benzene rings is 3. The summed E-state index contributed by atoms with van der Waals surface area (Å²) in [5.74, 6) is -2.05. The lowest BCUT2D eigenvalue weighted by Gasteiger charge is -2.20. The van der Waals surface area contributed by atoms with E-state index in [2.05, 4.69) is 29.2 Å². The molecular formula is C24H20N2O4. The Morgan fingerprint density at radius 3 is 2.00 bits per heavy atom. The second-order valence-electron chi connectivity index (χ2n) is 7.22. The second-order valence-corrected chi connectivity index (χ2v) is 7.22. The van der Waals surface area contributed by atoms with Crippen molar-refractivity contribution in [2.75, 3.05) is 11.9 Å². The first kappa shape index (κ1) is 19.4. The fraction of sp³-hybridized carbons (Fsp3) is 0.125. The van der Waals surface area contributed by atoms with Gasteiger partial charge in [0.25, 0.3) is 11.8 Å². The van der Waals surface area contributed by atoms with E-state index in [1.54, 1.807) is 36.4 Å². The summed E-state index contributed by atoms with van der Waals surface area (Å²) in [5, 5.41) is 0.518. The molecular weight excluding hydrogens is 380 g/mol. The van der Waals surface area contributed by atoms with Crippen LogP contribution in [0.3, 0.4) is 0 Å². The van der Waals surface area contributed by atoms with Gasteiger partial charge < -0.3 is 9.74 Å². The van der Waals surface area contributed by atoms with E-state index in [1.807, 2.05) is 14.0 Å². The van der Waals surface area contributed by atoms with Gasteiger partial charge in [-0.3, -0.25) is 9.59 Å². The Hall–Kier alpha value is -3.93. The van der Waals surface area contributed by atoms with Crippen molar-refractivity contribution in [2.45, 2.75) is 13.5 Å². The number of hydrogen-bond donors (Lipinski definition) is 0. The summed E-state index contributed by atoms with van der Waals surface area (Å²) in [4.78, 5) is 44.3. The van der Waals surface area contributed by atoms with Gasteiger partial charge in [0, 0.05) is 19.3 Å². The van der Waals surface area contributed by atoms with Crippen molar-refractivity contribution >= 4 is 23.5 Å². The molecule has 3 aromatic rings. The van der Waals surface area contributed by atoms with E-state index >= 15 is 0 Å². The SMILES string of the molecule is Cc1ccc(CN(C)c2ccc(C(=O)ON3C(=O)c4ccccc4C3=O)cc2)cc1. The van der Waals surface area contributed by atoms with Gasteiger partial charge in [0.05, 0.1) is 16.7 Å². The van der Waals surface area contributed by atoms with Crippen LogP contribution in [0, 0.1) is 6.92 Å². The molecule has 1 aliphatic rings. The van der Waals surface area contributed by atoms with Gasteiger partial charge in [0.1, 0.15) is 0 Å². The standard InChI is InChI=1S/C24H20N2O4/c1-16-7-9-17(10-8-16)15-25(2)19-13-11-18(12-14-19)24(29)30-26-22(27)20-5-3-4-6-21(20)23(26)28/h3-14H,15H2,1-2H3. The Balaban J connectivity index is 1.43. The molecule has 0 spiro atoms. The van der Waals surface area contributed by atoms with E-state index < -0.39 is 17.8 Å². The molecule has 2 amide bonds. The van der Waals surface area contributed by atoms with E-state index in [1.165, 1.54) is 23.3 Å². The van der Waals surface area contributed by atoms with Crippen LogP contribution in [0.1, 0.15) is 42.2 Å². The van der Waals surface area contributed by atoms with Crippen molar-refractivity contribution in [1.82, 2.24) is 5.06 Å². The van der Waals surface area contributed by atoms with Gasteiger partial charge in [-0.15, -0.1) is 0 Å². The maximum atomic E-state index is 12.5. The number of hydroxylamine groups is 2. The highest BCUT2D eigenvalue weighted by Crippen LogP contribution is 2.24. The topological polar surface area (TPSA) is 66.9 Å². The first-order valence-corrected chi connectivity index (χ1v) is 9.51. The number of amides is 2. The largest absolute Gasteiger partial charge is 0.370 e. The number of imide groups is 1. The average molecular weight is 400 g/mol. The number of rotatable bonds is 5. The van der Waals surface area contributed by atoms with Gasteiger partial charge in [-0.2, -0.15) is 0 Å². The Morgan fingerprint density at radius 1 is 0.867 bits per heavy atom. The van der Waals surface area contributed by atoms with Crippen LogP contribution >= 0.6 is 0 Å². The maximum absolute atomic E-state index is 12.5. The molecule has 0 aromatic heterocycles. The molecule has 0 N–H and O–H groups in total. The molecule has 6 nitrogen and oxygen atoms in total. The Labute approximate surface area is 174 Å². The van der Waals surface area contributed by atoms with Gasteiger partial charge in [-0.1, -0.05) is 47.0 Å². The highest BCUT2D eigenvalue weighted by atomic mass is 16.7. The van der Waals surface area contributed by atoms with Crippen molar-refractivity contribution in [3.05, 3.63) is 101 Å². The zero-order chi connectivity index (χ0) is 21.3. The van der Waals surface area contributed by atoms with Crippen molar-refractivity contribution in [3.63, 3.8) is 0 Å². The van der Waals surface area contributed by atoms with Crippen LogP contribution in [-0.2, 0) is 11.4 Å². The number of anilines is 1. The molecule has 30 heavy (non-hydrogen) atoms. The lowest BCUT2D eigenvalue weighted by Crippen LogP contribution is -2.32. The third kappa shape index (κ3) is 3.67. The zero-order valence-corrected chi connectivity index (χ0v) is 16.7. The third-order valence-corrected chi connectivity index (χ3v) is 5.02. The van der Waals surface area contributed by atoms with Crippen molar-refractivity contribution in [3.8, 4) is 0 Å². The minimum Gasteiger partial charge on any atom is -0.370 e. The van der Waals surface area contributed by atoms with Crippen molar-refractivity contribution in [2.24, 2.45) is 0 Å². The first-order valence-electron chi connectivity index (χ1n) is 9.51. The van der Waals surface area contributed by atoms with E-state index in [9.17, 15) is 14.4 Å². The van der Waals surface area contributed by atoms with Gasteiger partial charge in [-0.25, -0.2) is 4.79 Å². The molecule has 0 bridgehead atoms. The summed E-state index contributed by atoms with van der Waals surface area (Å²) >= 11 is 0. The number of nitrogens with zero attached hydrogens (tertiary/aromatic N) is 2. The Morgan fingerprint density at radius 2 is 1.43 bits per heavy atom. The number of aryl methyl sites for hydroxylation is 1. The molecule has 0 radical (unpaired) electrons. The monoisotopic (exact) mass is 400 g/mol. The molecule has 0 aliphatic carbocycles. The molecule has 150 valence electrons. The van der Waals surface area contributed by atoms with Crippen LogP contribution in [0.4, 0.5) is 5.69 Å². The molecule has 0 atom stereocenters. The number of carbonyl (C=O) groups is 3. The summed E-state index contributed by atoms with van der Waals surface area (Å²) in [5.41, 5.74) is 4.01. The van der Waals surface area contributed by atoms with E-state index in [-0.39, 0.29) is 16.7 Å². The molecule has 0 fully saturated rings. The Kier molecular flexibility index (Phi) is 5.06. The minimum atomic E-state index is -0.766. The second kappa shape index (κ2) is 7.83. The smallest absolute Gasteiger partial charge is 0.363 e. The normalized spacial score (nSPS) is 12.7. The summed E-state index contributed by atoms with van der Waals surface area (Å²) in [6.45, 7) is 2.77. The quantitative estimate of drug-likeness (QED) is 0.606. The molecule has 0 saturated heterocycles. The van der Waals surface area contributed by atoms with Gasteiger partial charge in [-0.05, 0) is 48.9 Å². The predicted octanol–water partition coefficient (Wildman–Crippen LogP) is 4.00. The molecule has 0 saturated carbocycles. The van der Waals surface area contributed by atoms with Crippen LogP contribution in [-0.4, -0.2) is 29.9 Å². The predicted molar refractivity (Wildman–Crippen MR) is 112 cm³/mol. The molecule has 6 heteroatoms. The van der Waals surface area contributed by atoms with Crippen LogP contribution in [0.15, 0.2) is 72.8 Å². The lowest BCUT2D eigenvalue weighted by atomic mass is 10.1. The van der Waals surface area contributed by atoms with Crippen LogP contribution < -0.4 is 4.90 Å². The average Bonchev–Trinajstić information content (AvgIpc) is 3.00. The van der Waals surface area contributed by atoms with Crippen LogP contribution in [0.2, 0.25) is 0 Å². The molecule has 4 rings (SSSR count). The number of carbonyl (C=O) groups excluding carboxylic acids is 3. The van der Waals surface area contributed by atoms with E-state index in [4.69, 9.17) is 4.84 Å². The van der Waals surface area contributed by atoms with Gasteiger partial charge in [0.2, 0.25) is 0 Å². The number of hydrogen-bond acceptors (Lipinski definition) is 5. The molecule has 3 aromatic carbocycles. The van der Waals surface area contributed by atoms with E-state index in [0.717, 1.165) is 12.2 Å². The van der Waals surface area contributed by atoms with E-state index in [0.29, 0.717) is 5.06 Å². The summed E-state index contributed by atoms with van der Waals surface area (Å²) in [6, 6.07) is 21.5. The molecule has 1 heterocycles. The lowest BCUT2D eigenvalue weighted by molar-refractivity contribution is -0.0584. The fourth-order valence-electron chi connectivity index (χ4n) is 3.30. The summed E-state index contributed by atoms with van der Waals surface area (Å²) < 4.78 is 0. The first-order chi connectivity index (χ1) is 14.4. The fourth-order valence-corrected chi connectivity index (χ4v) is 3.30. The van der Waals surface area contributed by atoms with Crippen molar-refractivity contribution < 1.29 is 19.2 Å². The van der Waals surface area contributed by atoms with Crippen LogP contribution in [0.5, 0.6) is 0 Å². The van der Waals surface area contributed by atoms with Gasteiger partial charge >= 0.3 is 5.97 Å². The van der Waals surface area contributed by atoms with Gasteiger partial charge in [0.15, 0.2) is 0 Å². The minimum absolute atomic E-state index is 0.225. The van der Waals surface area contributed by atoms with Crippen LogP contribution in [0.25, 0.3) is 0 Å². The highest BCUT2D eigenvalue weighted by Gasteiger charge is 2.38. The molecule has 1 aliphatic heterocycles. The Bertz CT molecular complexity index is 1090. The highest BCUT2D eigenvalue weighted by molar-refractivity contribution is 6.21.